The normalized spacial score (nSPS) is 10.8. The predicted octanol–water partition coefficient (Wildman–Crippen LogP) is 7.23. The van der Waals surface area contributed by atoms with Crippen LogP contribution in [0.15, 0.2) is 84.9 Å². The van der Waals surface area contributed by atoms with Crippen molar-refractivity contribution >= 4 is 12.2 Å². The highest BCUT2D eigenvalue weighted by Gasteiger charge is 2.07. The van der Waals surface area contributed by atoms with E-state index < -0.39 is 0 Å². The average molecular weight is 453 g/mol. The Kier molecular flexibility index (Phi) is 7.19. The summed E-state index contributed by atoms with van der Waals surface area (Å²) in [4.78, 5) is 0. The van der Waals surface area contributed by atoms with Crippen molar-refractivity contribution in [3.05, 3.63) is 96.1 Å². The highest BCUT2D eigenvalue weighted by molar-refractivity contribution is 5.75. The van der Waals surface area contributed by atoms with Gasteiger partial charge < -0.3 is 18.9 Å². The van der Waals surface area contributed by atoms with Crippen molar-refractivity contribution in [1.29, 1.82) is 0 Å². The number of hydrogen-bond donors (Lipinski definition) is 0. The van der Waals surface area contributed by atoms with E-state index in [1.54, 1.807) is 28.4 Å². The summed E-state index contributed by atoms with van der Waals surface area (Å²) in [6.45, 7) is 0. The second-order valence-electron chi connectivity index (χ2n) is 7.72. The smallest absolute Gasteiger partial charge is 0.161 e. The van der Waals surface area contributed by atoms with E-state index in [4.69, 9.17) is 18.9 Å². The third kappa shape index (κ3) is 5.07. The first kappa shape index (κ1) is 23.0. The van der Waals surface area contributed by atoms with Crippen molar-refractivity contribution in [3.63, 3.8) is 0 Å². The molecule has 0 amide bonds. The molecule has 0 aliphatic carbocycles. The Labute approximate surface area is 201 Å². The van der Waals surface area contributed by atoms with Gasteiger partial charge in [0.15, 0.2) is 23.0 Å². The summed E-state index contributed by atoms with van der Waals surface area (Å²) in [6.07, 6.45) is 4.23. The summed E-state index contributed by atoms with van der Waals surface area (Å²) in [5.74, 6) is 2.90. The monoisotopic (exact) mass is 452 g/mol. The van der Waals surface area contributed by atoms with Crippen LogP contribution >= 0.6 is 0 Å². The first-order chi connectivity index (χ1) is 16.6. The minimum atomic E-state index is 0.723. The predicted molar refractivity (Wildman–Crippen MR) is 139 cm³/mol. The number of rotatable bonds is 8. The minimum absolute atomic E-state index is 0.723. The Bertz CT molecular complexity index is 1170. The Hall–Kier alpha value is -4.18. The maximum absolute atomic E-state index is 5.42. The molecule has 4 rings (SSSR count). The van der Waals surface area contributed by atoms with Crippen LogP contribution in [-0.2, 0) is 0 Å². The maximum Gasteiger partial charge on any atom is 0.161 e. The third-order valence-corrected chi connectivity index (χ3v) is 5.72. The molecular formula is C30H28O4. The van der Waals surface area contributed by atoms with Crippen LogP contribution in [0.25, 0.3) is 34.4 Å². The second-order valence-corrected chi connectivity index (χ2v) is 7.72. The highest BCUT2D eigenvalue weighted by atomic mass is 16.5. The lowest BCUT2D eigenvalue weighted by Crippen LogP contribution is -1.90. The van der Waals surface area contributed by atoms with E-state index >= 15 is 0 Å². The molecule has 0 bridgehead atoms. The van der Waals surface area contributed by atoms with Crippen LogP contribution in [0, 0.1) is 0 Å². The molecule has 0 aromatic heterocycles. The number of methoxy groups -OCH3 is 4. The Morgan fingerprint density at radius 1 is 0.382 bits per heavy atom. The fraction of sp³-hybridized carbons (Fsp3) is 0.133. The molecule has 4 aromatic carbocycles. The molecule has 0 N–H and O–H groups in total. The van der Waals surface area contributed by atoms with Gasteiger partial charge in [-0.2, -0.15) is 0 Å². The van der Waals surface area contributed by atoms with Gasteiger partial charge in [0, 0.05) is 0 Å². The molecule has 0 saturated heterocycles. The minimum Gasteiger partial charge on any atom is -0.493 e. The molecule has 4 aromatic rings. The lowest BCUT2D eigenvalue weighted by molar-refractivity contribution is 0.355. The Balaban J connectivity index is 1.47. The van der Waals surface area contributed by atoms with Crippen molar-refractivity contribution in [3.8, 4) is 45.3 Å². The van der Waals surface area contributed by atoms with Crippen molar-refractivity contribution < 1.29 is 18.9 Å². The number of benzene rings is 4. The highest BCUT2D eigenvalue weighted by Crippen LogP contribution is 2.33. The van der Waals surface area contributed by atoms with Gasteiger partial charge in [-0.15, -0.1) is 0 Å². The first-order valence-corrected chi connectivity index (χ1v) is 11.0. The van der Waals surface area contributed by atoms with Crippen molar-refractivity contribution in [1.82, 2.24) is 0 Å². The summed E-state index contributed by atoms with van der Waals surface area (Å²) in [6, 6.07) is 28.8. The Morgan fingerprint density at radius 3 is 1.03 bits per heavy atom. The summed E-state index contributed by atoms with van der Waals surface area (Å²) in [5, 5.41) is 0. The largest absolute Gasteiger partial charge is 0.493 e. The van der Waals surface area contributed by atoms with Crippen LogP contribution in [0.5, 0.6) is 23.0 Å². The summed E-state index contributed by atoms with van der Waals surface area (Å²) in [5.41, 5.74) is 6.68. The van der Waals surface area contributed by atoms with Gasteiger partial charge in [0.05, 0.1) is 28.4 Å². The fourth-order valence-corrected chi connectivity index (χ4v) is 3.80. The SMILES string of the molecule is COc1ccc(-c2ccc(/C=C/c3ccc(-c4ccc(OC)c(OC)c4)cc3)cc2)cc1OC. The molecule has 0 heterocycles. The maximum atomic E-state index is 5.42. The summed E-state index contributed by atoms with van der Waals surface area (Å²) < 4.78 is 21.5. The molecule has 0 saturated carbocycles. The van der Waals surface area contributed by atoms with Crippen LogP contribution in [0.1, 0.15) is 11.1 Å². The van der Waals surface area contributed by atoms with Crippen molar-refractivity contribution in [2.45, 2.75) is 0 Å². The van der Waals surface area contributed by atoms with E-state index in [0.29, 0.717) is 0 Å². The quantitative estimate of drug-likeness (QED) is 0.264. The topological polar surface area (TPSA) is 36.9 Å². The van der Waals surface area contributed by atoms with Gasteiger partial charge in [0.1, 0.15) is 0 Å². The van der Waals surface area contributed by atoms with Gasteiger partial charge in [-0.3, -0.25) is 0 Å². The van der Waals surface area contributed by atoms with E-state index in [2.05, 4.69) is 60.7 Å². The van der Waals surface area contributed by atoms with Crippen LogP contribution in [0.2, 0.25) is 0 Å². The lowest BCUT2D eigenvalue weighted by Gasteiger charge is -2.10. The molecule has 4 nitrogen and oxygen atoms in total. The van der Waals surface area contributed by atoms with E-state index in [-0.39, 0.29) is 0 Å². The zero-order chi connectivity index (χ0) is 23.9. The van der Waals surface area contributed by atoms with Crippen molar-refractivity contribution in [2.24, 2.45) is 0 Å². The van der Waals surface area contributed by atoms with Gasteiger partial charge in [-0.05, 0) is 57.6 Å². The zero-order valence-corrected chi connectivity index (χ0v) is 19.9. The molecule has 34 heavy (non-hydrogen) atoms. The van der Waals surface area contributed by atoms with Gasteiger partial charge in [0.2, 0.25) is 0 Å². The van der Waals surface area contributed by atoms with E-state index in [9.17, 15) is 0 Å². The van der Waals surface area contributed by atoms with Crippen molar-refractivity contribution in [2.75, 3.05) is 28.4 Å². The molecule has 172 valence electrons. The summed E-state index contributed by atoms with van der Waals surface area (Å²) >= 11 is 0. The van der Waals surface area contributed by atoms with Gasteiger partial charge >= 0.3 is 0 Å². The van der Waals surface area contributed by atoms with Crippen LogP contribution < -0.4 is 18.9 Å². The Morgan fingerprint density at radius 2 is 0.706 bits per heavy atom. The van der Waals surface area contributed by atoms with Gasteiger partial charge in [-0.1, -0.05) is 72.8 Å². The molecule has 4 heteroatoms. The molecule has 0 aliphatic rings. The van der Waals surface area contributed by atoms with Gasteiger partial charge in [-0.25, -0.2) is 0 Å². The fourth-order valence-electron chi connectivity index (χ4n) is 3.80. The number of ether oxygens (including phenoxy) is 4. The van der Waals surface area contributed by atoms with Crippen LogP contribution in [-0.4, -0.2) is 28.4 Å². The van der Waals surface area contributed by atoms with E-state index in [1.165, 1.54) is 0 Å². The van der Waals surface area contributed by atoms with Crippen LogP contribution in [0.4, 0.5) is 0 Å². The average Bonchev–Trinajstić information content (AvgIpc) is 2.91. The molecule has 0 unspecified atom stereocenters. The molecular weight excluding hydrogens is 424 g/mol. The van der Waals surface area contributed by atoms with Crippen LogP contribution in [0.3, 0.4) is 0 Å². The number of hydrogen-bond acceptors (Lipinski definition) is 4. The van der Waals surface area contributed by atoms with E-state index in [0.717, 1.165) is 56.4 Å². The molecule has 0 spiro atoms. The summed E-state index contributed by atoms with van der Waals surface area (Å²) in [7, 11) is 6.58. The zero-order valence-electron chi connectivity index (χ0n) is 19.9. The molecule has 0 fully saturated rings. The third-order valence-electron chi connectivity index (χ3n) is 5.72. The second kappa shape index (κ2) is 10.6. The molecule has 0 radical (unpaired) electrons. The first-order valence-electron chi connectivity index (χ1n) is 11.0. The van der Waals surface area contributed by atoms with E-state index in [1.807, 2.05) is 36.4 Å². The molecule has 0 aliphatic heterocycles. The molecule has 0 atom stereocenters. The standard InChI is InChI=1S/C30H28O4/c1-31-27-17-15-25(19-29(27)33-3)23-11-7-21(8-12-23)5-6-22-9-13-24(14-10-22)26-16-18-28(32-2)30(20-26)34-4/h5-20H,1-4H3/b6-5+. The lowest BCUT2D eigenvalue weighted by atomic mass is 10.0. The van der Waals surface area contributed by atoms with Gasteiger partial charge in [0.25, 0.3) is 0 Å².